The highest BCUT2D eigenvalue weighted by Crippen LogP contribution is 2.65. The van der Waals surface area contributed by atoms with Gasteiger partial charge in [0.2, 0.25) is 0 Å². The van der Waals surface area contributed by atoms with Gasteiger partial charge in [-0.05, 0) is 37.5 Å². The van der Waals surface area contributed by atoms with Gasteiger partial charge in [0.25, 0.3) is 5.91 Å². The molecule has 1 aliphatic heterocycles. The van der Waals surface area contributed by atoms with Crippen molar-refractivity contribution in [3.63, 3.8) is 0 Å². The maximum Gasteiger partial charge on any atom is 0.522 e. The van der Waals surface area contributed by atoms with Crippen LogP contribution in [0, 0.1) is 0 Å². The molecule has 2 aromatic rings. The van der Waals surface area contributed by atoms with Gasteiger partial charge in [-0.25, -0.2) is 0 Å². The molecule has 4 aliphatic rings. The smallest absolute Gasteiger partial charge is 0.488 e. The molecule has 8 nitrogen and oxygen atoms in total. The number of aromatic nitrogens is 2. The Kier molecular flexibility index (Phi) is 5.50. The van der Waals surface area contributed by atoms with Gasteiger partial charge >= 0.3 is 12.5 Å². The van der Waals surface area contributed by atoms with E-state index in [0.29, 0.717) is 19.3 Å². The molecule has 1 atom stereocenters. The summed E-state index contributed by atoms with van der Waals surface area (Å²) in [6, 6.07) is 2.56. The minimum Gasteiger partial charge on any atom is -0.488 e. The number of fused-ring (bicyclic) bond motifs is 1. The lowest BCUT2D eigenvalue weighted by Crippen LogP contribution is -2.79. The van der Waals surface area contributed by atoms with Crippen LogP contribution in [0.3, 0.4) is 0 Å². The van der Waals surface area contributed by atoms with E-state index in [1.54, 1.807) is 10.9 Å². The Bertz CT molecular complexity index is 1190. The fraction of sp³-hybridized carbons (Fsp3) is 0.500. The first kappa shape index (κ1) is 24.4. The SMILES string of the molecule is O=C1C[C@H](C(=O)NC23CC(n4cc(OCCOC(F)(F)F)cn4)(C2)C3)Oc2ccc(C(F)(F)F)cc21. The molecule has 2 bridgehead atoms. The Morgan fingerprint density at radius 2 is 1.89 bits per heavy atom. The number of ether oxygens (including phenoxy) is 3. The third kappa shape index (κ3) is 4.49. The van der Waals surface area contributed by atoms with Crippen LogP contribution in [0.2, 0.25) is 0 Å². The molecule has 0 radical (unpaired) electrons. The number of carbonyl (C=O) groups is 2. The van der Waals surface area contributed by atoms with Crippen molar-refractivity contribution in [2.24, 2.45) is 0 Å². The number of Topliss-reactive ketones (excluding diaryl/α,β-unsaturated/α-hetero) is 1. The third-order valence-electron chi connectivity index (χ3n) is 6.59. The van der Waals surface area contributed by atoms with Crippen molar-refractivity contribution in [3.8, 4) is 11.5 Å². The molecule has 3 saturated carbocycles. The van der Waals surface area contributed by atoms with Crippen LogP contribution in [0.25, 0.3) is 0 Å². The zero-order valence-electron chi connectivity index (χ0n) is 18.4. The quantitative estimate of drug-likeness (QED) is 0.444. The summed E-state index contributed by atoms with van der Waals surface area (Å²) in [7, 11) is 0. The Balaban J connectivity index is 1.14. The van der Waals surface area contributed by atoms with E-state index < -0.39 is 48.0 Å². The van der Waals surface area contributed by atoms with Gasteiger partial charge in [0, 0.05) is 5.54 Å². The van der Waals surface area contributed by atoms with Crippen molar-refractivity contribution >= 4 is 11.7 Å². The normalized spacial score (nSPS) is 26.8. The number of carbonyl (C=O) groups excluding carboxylic acids is 2. The molecular formula is C22H19F6N3O5. The van der Waals surface area contributed by atoms with Crippen LogP contribution in [0.4, 0.5) is 26.3 Å². The number of halogens is 6. The number of nitrogens with zero attached hydrogens (tertiary/aromatic N) is 2. The molecule has 2 heterocycles. The maximum atomic E-state index is 12.9. The number of rotatable bonds is 7. The zero-order chi connectivity index (χ0) is 25.9. The van der Waals surface area contributed by atoms with E-state index in [0.717, 1.165) is 18.2 Å². The first-order valence-electron chi connectivity index (χ1n) is 10.9. The fourth-order valence-corrected chi connectivity index (χ4v) is 5.06. The number of alkyl halides is 6. The number of hydrogen-bond acceptors (Lipinski definition) is 6. The maximum absolute atomic E-state index is 12.9. The van der Waals surface area contributed by atoms with Gasteiger partial charge in [0.05, 0.1) is 42.1 Å². The Labute approximate surface area is 199 Å². The number of benzene rings is 1. The largest absolute Gasteiger partial charge is 0.522 e. The summed E-state index contributed by atoms with van der Waals surface area (Å²) >= 11 is 0. The topological polar surface area (TPSA) is 91.7 Å². The standard InChI is InChI=1S/C22H19F6N3O5/c23-21(24,25)12-1-2-16-14(5-12)15(32)6-17(36-16)18(33)30-19-9-20(10-19,11-19)31-8-13(7-29-31)34-3-4-35-22(26,27)28/h1-2,5,7-8,17H,3-4,6,9-11H2,(H,30,33)/t17-,19?,20?/m1/s1. The summed E-state index contributed by atoms with van der Waals surface area (Å²) in [4.78, 5) is 25.2. The van der Waals surface area contributed by atoms with E-state index in [9.17, 15) is 35.9 Å². The highest BCUT2D eigenvalue weighted by molar-refractivity contribution is 6.03. The number of hydrogen-bond donors (Lipinski definition) is 1. The lowest BCUT2D eigenvalue weighted by Gasteiger charge is -2.70. The predicted molar refractivity (Wildman–Crippen MR) is 107 cm³/mol. The Hall–Kier alpha value is -3.29. The average molecular weight is 519 g/mol. The summed E-state index contributed by atoms with van der Waals surface area (Å²) in [5.41, 5.74) is -2.05. The van der Waals surface area contributed by atoms with Crippen molar-refractivity contribution in [2.45, 2.75) is 55.4 Å². The van der Waals surface area contributed by atoms with E-state index >= 15 is 0 Å². The van der Waals surface area contributed by atoms with E-state index in [-0.39, 0.29) is 35.6 Å². The highest BCUT2D eigenvalue weighted by atomic mass is 19.4. The van der Waals surface area contributed by atoms with E-state index in [1.165, 1.54) is 6.20 Å². The summed E-state index contributed by atoms with van der Waals surface area (Å²) < 4.78 is 90.8. The van der Waals surface area contributed by atoms with Crippen molar-refractivity contribution in [2.75, 3.05) is 13.2 Å². The van der Waals surface area contributed by atoms with Crippen LogP contribution in [0.1, 0.15) is 41.6 Å². The molecule has 0 spiro atoms. The van der Waals surface area contributed by atoms with E-state index in [2.05, 4.69) is 15.2 Å². The molecule has 0 unspecified atom stereocenters. The highest BCUT2D eigenvalue weighted by Gasteiger charge is 2.70. The molecular weight excluding hydrogens is 500 g/mol. The lowest BCUT2D eigenvalue weighted by molar-refractivity contribution is -0.325. The first-order chi connectivity index (χ1) is 16.8. The van der Waals surface area contributed by atoms with Crippen LogP contribution in [-0.4, -0.2) is 52.7 Å². The van der Waals surface area contributed by atoms with Gasteiger partial charge < -0.3 is 14.8 Å². The Morgan fingerprint density at radius 1 is 1.17 bits per heavy atom. The van der Waals surface area contributed by atoms with E-state index in [1.807, 2.05) is 0 Å². The molecule has 1 N–H and O–H groups in total. The van der Waals surface area contributed by atoms with Crippen molar-refractivity contribution < 1.29 is 50.1 Å². The molecule has 0 saturated heterocycles. The van der Waals surface area contributed by atoms with Gasteiger partial charge in [0.15, 0.2) is 17.6 Å². The number of nitrogens with one attached hydrogen (secondary N) is 1. The minimum atomic E-state index is -4.73. The predicted octanol–water partition coefficient (Wildman–Crippen LogP) is 3.60. The summed E-state index contributed by atoms with van der Waals surface area (Å²) in [5.74, 6) is -0.930. The molecule has 194 valence electrons. The molecule has 36 heavy (non-hydrogen) atoms. The monoisotopic (exact) mass is 519 g/mol. The van der Waals surface area contributed by atoms with Crippen LogP contribution in [0.5, 0.6) is 11.5 Å². The third-order valence-corrected chi connectivity index (χ3v) is 6.59. The fourth-order valence-electron chi connectivity index (χ4n) is 5.06. The summed E-state index contributed by atoms with van der Waals surface area (Å²) in [6.45, 7) is -0.965. The minimum absolute atomic E-state index is 0.0711. The molecule has 6 rings (SSSR count). The van der Waals surface area contributed by atoms with Gasteiger partial charge in [-0.3, -0.25) is 19.0 Å². The van der Waals surface area contributed by atoms with E-state index in [4.69, 9.17) is 9.47 Å². The van der Waals surface area contributed by atoms with Crippen LogP contribution >= 0.6 is 0 Å². The van der Waals surface area contributed by atoms with Gasteiger partial charge in [-0.2, -0.15) is 18.3 Å². The van der Waals surface area contributed by atoms with Crippen molar-refractivity contribution in [1.29, 1.82) is 0 Å². The lowest BCUT2D eigenvalue weighted by atomic mass is 9.44. The number of ketones is 1. The second kappa shape index (κ2) is 8.11. The van der Waals surface area contributed by atoms with Crippen LogP contribution in [-0.2, 0) is 21.2 Å². The summed E-state index contributed by atoms with van der Waals surface area (Å²) in [5, 5.41) is 7.08. The van der Waals surface area contributed by atoms with Gasteiger partial charge in [-0.1, -0.05) is 0 Å². The molecule has 1 aromatic heterocycles. The molecule has 3 fully saturated rings. The van der Waals surface area contributed by atoms with Gasteiger partial charge in [0.1, 0.15) is 12.4 Å². The van der Waals surface area contributed by atoms with Crippen LogP contribution in [0.15, 0.2) is 30.6 Å². The average Bonchev–Trinajstić information content (AvgIpc) is 3.19. The molecule has 3 aliphatic carbocycles. The Morgan fingerprint density at radius 3 is 2.56 bits per heavy atom. The summed E-state index contributed by atoms with van der Waals surface area (Å²) in [6.07, 6.45) is -6.31. The van der Waals surface area contributed by atoms with Gasteiger partial charge in [-0.15, -0.1) is 13.2 Å². The zero-order valence-corrected chi connectivity index (χ0v) is 18.4. The second-order valence-corrected chi connectivity index (χ2v) is 9.23. The second-order valence-electron chi connectivity index (χ2n) is 9.23. The van der Waals surface area contributed by atoms with Crippen molar-refractivity contribution in [1.82, 2.24) is 15.1 Å². The van der Waals surface area contributed by atoms with Crippen molar-refractivity contribution in [3.05, 3.63) is 41.7 Å². The molecule has 1 amide bonds. The molecule has 1 aromatic carbocycles. The number of amides is 1. The first-order valence-corrected chi connectivity index (χ1v) is 10.9. The molecule has 14 heteroatoms. The van der Waals surface area contributed by atoms with Crippen LogP contribution < -0.4 is 14.8 Å².